The number of hydrogen-bond donors (Lipinski definition) is 5. The average molecular weight is 407 g/mol. The van der Waals surface area contributed by atoms with Gasteiger partial charge in [0, 0.05) is 44.7 Å². The van der Waals surface area contributed by atoms with Crippen molar-refractivity contribution in [2.45, 2.75) is 6.10 Å². The van der Waals surface area contributed by atoms with Gasteiger partial charge >= 0.3 is 0 Å². The van der Waals surface area contributed by atoms with Gasteiger partial charge in [-0.25, -0.2) is 5.10 Å². The number of thiocarbonyl (C=S) groups is 1. The second-order valence-electron chi connectivity index (χ2n) is 6.57. The molecule has 1 fully saturated rings. The highest BCUT2D eigenvalue weighted by Crippen LogP contribution is 2.16. The minimum Gasteiger partial charge on any atom is -0.389 e. The van der Waals surface area contributed by atoms with Crippen molar-refractivity contribution in [3.63, 3.8) is 0 Å². The molecule has 0 saturated carbocycles. The minimum absolute atomic E-state index is 0.239. The van der Waals surface area contributed by atoms with Crippen molar-refractivity contribution in [2.24, 2.45) is 0 Å². The Morgan fingerprint density at radius 2 is 2.00 bits per heavy atom. The maximum absolute atomic E-state index is 11.8. The number of ether oxygens (including phenoxy) is 1. The molecule has 28 heavy (non-hydrogen) atoms. The minimum atomic E-state index is -0.675. The summed E-state index contributed by atoms with van der Waals surface area (Å²) in [6.45, 7) is 5.67. The standard InChI is InChI=1S/C18H26N6O3S/c25-13(12-21-18(28)19-5-6-24-7-9-27-10-8-24)11-20-16-14-3-1-2-4-15(14)17(26)23-22-16/h1-4,13,25H,5-12H2,(H,20,22)(H,23,26)(H2,19,21,28). The molecule has 152 valence electrons. The van der Waals surface area contributed by atoms with Crippen LogP contribution in [-0.2, 0) is 4.74 Å². The average Bonchev–Trinajstić information content (AvgIpc) is 2.73. The number of benzene rings is 1. The van der Waals surface area contributed by atoms with Gasteiger partial charge in [0.2, 0.25) is 0 Å². The Labute approximate surface area is 168 Å². The third kappa shape index (κ3) is 5.86. The molecule has 2 heterocycles. The van der Waals surface area contributed by atoms with E-state index < -0.39 is 6.10 Å². The summed E-state index contributed by atoms with van der Waals surface area (Å²) in [7, 11) is 0. The fraction of sp³-hybridized carbons (Fsp3) is 0.500. The normalized spacial score (nSPS) is 15.9. The number of nitrogens with one attached hydrogen (secondary N) is 4. The van der Waals surface area contributed by atoms with Gasteiger partial charge in [-0.2, -0.15) is 5.10 Å². The van der Waals surface area contributed by atoms with Crippen molar-refractivity contribution < 1.29 is 9.84 Å². The topological polar surface area (TPSA) is 115 Å². The van der Waals surface area contributed by atoms with E-state index in [1.54, 1.807) is 12.1 Å². The first-order valence-corrected chi connectivity index (χ1v) is 9.75. The highest BCUT2D eigenvalue weighted by Gasteiger charge is 2.11. The van der Waals surface area contributed by atoms with Crippen molar-refractivity contribution in [1.82, 2.24) is 25.7 Å². The Morgan fingerprint density at radius 1 is 1.25 bits per heavy atom. The van der Waals surface area contributed by atoms with Gasteiger partial charge in [0.05, 0.1) is 24.7 Å². The molecule has 1 saturated heterocycles. The van der Waals surface area contributed by atoms with Crippen LogP contribution in [0.3, 0.4) is 0 Å². The molecule has 1 unspecified atom stereocenters. The van der Waals surface area contributed by atoms with Crippen LogP contribution in [0, 0.1) is 0 Å². The van der Waals surface area contributed by atoms with Gasteiger partial charge in [0.1, 0.15) is 0 Å². The quantitative estimate of drug-likeness (QED) is 0.370. The molecule has 9 nitrogen and oxygen atoms in total. The van der Waals surface area contributed by atoms with Gasteiger partial charge in [-0.15, -0.1) is 0 Å². The molecule has 0 amide bonds. The number of aromatic amines is 1. The lowest BCUT2D eigenvalue weighted by molar-refractivity contribution is 0.0389. The summed E-state index contributed by atoms with van der Waals surface area (Å²) in [5.74, 6) is 0.528. The Bertz CT molecular complexity index is 839. The van der Waals surface area contributed by atoms with E-state index in [4.69, 9.17) is 17.0 Å². The summed E-state index contributed by atoms with van der Waals surface area (Å²) < 4.78 is 5.32. The van der Waals surface area contributed by atoms with Crippen LogP contribution in [0.15, 0.2) is 29.1 Å². The molecular formula is C18H26N6O3S. The molecule has 2 aromatic rings. The fourth-order valence-corrected chi connectivity index (χ4v) is 3.15. The molecule has 0 aliphatic carbocycles. The van der Waals surface area contributed by atoms with Crippen LogP contribution in [0.2, 0.25) is 0 Å². The number of anilines is 1. The van der Waals surface area contributed by atoms with Gasteiger partial charge in [0.15, 0.2) is 10.9 Å². The molecule has 5 N–H and O–H groups in total. The van der Waals surface area contributed by atoms with Crippen LogP contribution >= 0.6 is 12.2 Å². The third-order valence-corrected chi connectivity index (χ3v) is 4.81. The number of morpholine rings is 1. The smallest absolute Gasteiger partial charge is 0.272 e. The van der Waals surface area contributed by atoms with E-state index in [0.29, 0.717) is 28.2 Å². The van der Waals surface area contributed by atoms with Crippen molar-refractivity contribution in [3.05, 3.63) is 34.6 Å². The maximum atomic E-state index is 11.8. The summed E-state index contributed by atoms with van der Waals surface area (Å²) in [6.07, 6.45) is -0.675. The number of hydrogen-bond acceptors (Lipinski definition) is 7. The van der Waals surface area contributed by atoms with Gasteiger partial charge in [-0.05, 0) is 18.3 Å². The van der Waals surface area contributed by atoms with Crippen molar-refractivity contribution >= 4 is 33.9 Å². The number of aliphatic hydroxyl groups excluding tert-OH is 1. The van der Waals surface area contributed by atoms with E-state index in [0.717, 1.165) is 39.4 Å². The molecule has 10 heteroatoms. The Kier molecular flexibility index (Phi) is 7.54. The van der Waals surface area contributed by atoms with Gasteiger partial charge in [0.25, 0.3) is 5.56 Å². The van der Waals surface area contributed by atoms with Gasteiger partial charge in [-0.3, -0.25) is 9.69 Å². The lowest BCUT2D eigenvalue weighted by atomic mass is 10.2. The van der Waals surface area contributed by atoms with Gasteiger partial charge < -0.3 is 25.8 Å². The molecule has 1 aromatic carbocycles. The molecule has 1 atom stereocenters. The predicted octanol–water partition coefficient (Wildman–Crippen LogP) is -0.508. The summed E-state index contributed by atoms with van der Waals surface area (Å²) in [5.41, 5.74) is -0.239. The number of nitrogens with zero attached hydrogens (tertiary/aromatic N) is 2. The van der Waals surface area contributed by atoms with E-state index in [1.807, 2.05) is 12.1 Å². The first-order chi connectivity index (χ1) is 13.6. The lowest BCUT2D eigenvalue weighted by Crippen LogP contribution is -2.45. The van der Waals surface area contributed by atoms with Crippen LogP contribution in [0.4, 0.5) is 5.82 Å². The molecule has 1 aromatic heterocycles. The van der Waals surface area contributed by atoms with Crippen LogP contribution in [0.1, 0.15) is 0 Å². The molecular weight excluding hydrogens is 380 g/mol. The zero-order chi connectivity index (χ0) is 19.8. The van der Waals surface area contributed by atoms with Crippen molar-refractivity contribution in [1.29, 1.82) is 0 Å². The molecule has 1 aliphatic rings. The van der Waals surface area contributed by atoms with Crippen molar-refractivity contribution in [2.75, 3.05) is 57.8 Å². The van der Waals surface area contributed by atoms with E-state index in [2.05, 4.69) is 31.0 Å². The van der Waals surface area contributed by atoms with E-state index in [-0.39, 0.29) is 12.1 Å². The van der Waals surface area contributed by atoms with E-state index >= 15 is 0 Å². The molecule has 0 radical (unpaired) electrons. The van der Waals surface area contributed by atoms with Crippen molar-refractivity contribution in [3.8, 4) is 0 Å². The molecule has 1 aliphatic heterocycles. The fourth-order valence-electron chi connectivity index (χ4n) is 2.96. The maximum Gasteiger partial charge on any atom is 0.272 e. The van der Waals surface area contributed by atoms with Crippen LogP contribution < -0.4 is 21.5 Å². The third-order valence-electron chi connectivity index (χ3n) is 4.52. The van der Waals surface area contributed by atoms with E-state index in [1.165, 1.54) is 0 Å². The highest BCUT2D eigenvalue weighted by molar-refractivity contribution is 7.80. The van der Waals surface area contributed by atoms with Crippen LogP contribution in [-0.4, -0.2) is 83.9 Å². The largest absolute Gasteiger partial charge is 0.389 e. The number of H-pyrrole nitrogens is 1. The Balaban J connectivity index is 1.37. The number of fused-ring (bicyclic) bond motifs is 1. The predicted molar refractivity (Wildman–Crippen MR) is 113 cm³/mol. The van der Waals surface area contributed by atoms with Crippen LogP contribution in [0.25, 0.3) is 10.8 Å². The van der Waals surface area contributed by atoms with E-state index in [9.17, 15) is 9.90 Å². The number of aromatic nitrogens is 2. The first kappa shape index (κ1) is 20.5. The van der Waals surface area contributed by atoms with Crippen LogP contribution in [0.5, 0.6) is 0 Å². The Morgan fingerprint density at radius 3 is 2.79 bits per heavy atom. The SMILES string of the molecule is O=c1[nH]nc(NCC(O)CNC(=S)NCCN2CCOCC2)c2ccccc12. The zero-order valence-corrected chi connectivity index (χ0v) is 16.4. The number of aliphatic hydroxyl groups is 1. The molecule has 0 spiro atoms. The van der Waals surface area contributed by atoms with Gasteiger partial charge in [-0.1, -0.05) is 18.2 Å². The summed E-state index contributed by atoms with van der Waals surface area (Å²) in [6, 6.07) is 7.19. The summed E-state index contributed by atoms with van der Waals surface area (Å²) in [5, 5.41) is 27.7. The zero-order valence-electron chi connectivity index (χ0n) is 15.6. The summed E-state index contributed by atoms with van der Waals surface area (Å²) in [4.78, 5) is 14.1. The molecule has 3 rings (SSSR count). The summed E-state index contributed by atoms with van der Waals surface area (Å²) >= 11 is 5.25. The Hall–Kier alpha value is -2.27. The molecule has 0 bridgehead atoms. The second kappa shape index (κ2) is 10.3. The number of rotatable bonds is 8. The second-order valence-corrected chi connectivity index (χ2v) is 6.98. The monoisotopic (exact) mass is 406 g/mol. The lowest BCUT2D eigenvalue weighted by Gasteiger charge is -2.26. The first-order valence-electron chi connectivity index (χ1n) is 9.34. The highest BCUT2D eigenvalue weighted by atomic mass is 32.1.